The van der Waals surface area contributed by atoms with Gasteiger partial charge in [0.15, 0.2) is 5.82 Å². The van der Waals surface area contributed by atoms with Gasteiger partial charge >= 0.3 is 0 Å². The van der Waals surface area contributed by atoms with E-state index in [1.807, 2.05) is 44.2 Å². The lowest BCUT2D eigenvalue weighted by atomic mass is 10.1. The molecule has 8 heteroatoms. The Kier molecular flexibility index (Phi) is 6.85. The molecule has 1 aliphatic rings. The van der Waals surface area contributed by atoms with Gasteiger partial charge in [-0.05, 0) is 37.1 Å². The summed E-state index contributed by atoms with van der Waals surface area (Å²) in [5, 5.41) is 1.27. The van der Waals surface area contributed by atoms with Gasteiger partial charge in [0.1, 0.15) is 11.6 Å². The highest BCUT2D eigenvalue weighted by molar-refractivity contribution is 7.92. The first-order valence-corrected chi connectivity index (χ1v) is 12.5. The Bertz CT molecular complexity index is 1250. The standard InChI is InChI=1S/C25H27FN4O2S/c1-3-23-19(2)27-24(21-10-7-11-22(26)18-21)28-25(23)29-13-15-30(16-14-29)33(31,32)17-12-20-8-5-4-6-9-20/h4-12,17-18H,3,13-16H2,1-2H3/b17-12+. The number of piperazine rings is 1. The molecule has 2 aromatic carbocycles. The molecule has 6 nitrogen and oxygen atoms in total. The van der Waals surface area contributed by atoms with Crippen LogP contribution in [-0.4, -0.2) is 48.9 Å². The SMILES string of the molecule is CCc1c(C)nc(-c2cccc(F)c2)nc1N1CCN(S(=O)(=O)/C=C/c2ccccc2)CC1. The number of hydrogen-bond acceptors (Lipinski definition) is 5. The molecular formula is C25H27FN4O2S. The van der Waals surface area contributed by atoms with E-state index in [0.717, 1.165) is 29.1 Å². The number of hydrogen-bond donors (Lipinski definition) is 0. The smallest absolute Gasteiger partial charge is 0.236 e. The van der Waals surface area contributed by atoms with Crippen LogP contribution in [0.2, 0.25) is 0 Å². The van der Waals surface area contributed by atoms with Crippen molar-refractivity contribution in [2.45, 2.75) is 20.3 Å². The summed E-state index contributed by atoms with van der Waals surface area (Å²) in [4.78, 5) is 11.5. The molecule has 3 aromatic rings. The van der Waals surface area contributed by atoms with E-state index in [-0.39, 0.29) is 5.82 Å². The minimum atomic E-state index is -3.52. The zero-order chi connectivity index (χ0) is 23.4. The molecule has 1 aromatic heterocycles. The summed E-state index contributed by atoms with van der Waals surface area (Å²) < 4.78 is 40.9. The van der Waals surface area contributed by atoms with Crippen molar-refractivity contribution >= 4 is 21.9 Å². The van der Waals surface area contributed by atoms with Crippen LogP contribution < -0.4 is 4.90 Å². The van der Waals surface area contributed by atoms with Crippen molar-refractivity contribution < 1.29 is 12.8 Å². The molecule has 0 unspecified atom stereocenters. The normalized spacial score (nSPS) is 15.3. The van der Waals surface area contributed by atoms with E-state index in [1.165, 1.54) is 21.8 Å². The van der Waals surface area contributed by atoms with Crippen LogP contribution in [0.3, 0.4) is 0 Å². The Morgan fingerprint density at radius 3 is 2.39 bits per heavy atom. The monoisotopic (exact) mass is 466 g/mol. The Balaban J connectivity index is 1.54. The van der Waals surface area contributed by atoms with Crippen LogP contribution in [0.15, 0.2) is 60.0 Å². The third kappa shape index (κ3) is 5.29. The maximum atomic E-state index is 13.7. The summed E-state index contributed by atoms with van der Waals surface area (Å²) in [6, 6.07) is 15.6. The average Bonchev–Trinajstić information content (AvgIpc) is 2.83. The minimum absolute atomic E-state index is 0.336. The molecule has 1 saturated heterocycles. The summed E-state index contributed by atoms with van der Waals surface area (Å²) in [5.74, 6) is 0.929. The van der Waals surface area contributed by atoms with E-state index >= 15 is 0 Å². The summed E-state index contributed by atoms with van der Waals surface area (Å²) in [7, 11) is -3.52. The molecule has 0 aliphatic carbocycles. The second-order valence-corrected chi connectivity index (χ2v) is 9.76. The molecule has 0 radical (unpaired) electrons. The molecule has 172 valence electrons. The molecule has 4 rings (SSSR count). The van der Waals surface area contributed by atoms with Gasteiger partial charge in [0.25, 0.3) is 0 Å². The van der Waals surface area contributed by atoms with Crippen molar-refractivity contribution in [1.82, 2.24) is 14.3 Å². The molecule has 0 atom stereocenters. The van der Waals surface area contributed by atoms with E-state index in [0.29, 0.717) is 37.6 Å². The quantitative estimate of drug-likeness (QED) is 0.543. The topological polar surface area (TPSA) is 66.4 Å². The van der Waals surface area contributed by atoms with Crippen LogP contribution in [0.4, 0.5) is 10.2 Å². The van der Waals surface area contributed by atoms with Crippen LogP contribution >= 0.6 is 0 Å². The van der Waals surface area contributed by atoms with Crippen LogP contribution in [0.25, 0.3) is 17.5 Å². The number of aromatic nitrogens is 2. The van der Waals surface area contributed by atoms with E-state index in [4.69, 9.17) is 4.98 Å². The predicted molar refractivity (Wildman–Crippen MR) is 130 cm³/mol. The fourth-order valence-electron chi connectivity index (χ4n) is 3.98. The summed E-state index contributed by atoms with van der Waals surface area (Å²) in [6.45, 7) is 5.74. The predicted octanol–water partition coefficient (Wildman–Crippen LogP) is 4.28. The second kappa shape index (κ2) is 9.80. The zero-order valence-electron chi connectivity index (χ0n) is 18.8. The van der Waals surface area contributed by atoms with Gasteiger partial charge in [-0.2, -0.15) is 4.31 Å². The first-order valence-electron chi connectivity index (χ1n) is 11.0. The van der Waals surface area contributed by atoms with Crippen molar-refractivity contribution in [3.05, 3.63) is 82.6 Å². The van der Waals surface area contributed by atoms with E-state index in [2.05, 4.69) is 9.88 Å². The Morgan fingerprint density at radius 2 is 1.73 bits per heavy atom. The molecular weight excluding hydrogens is 439 g/mol. The molecule has 0 amide bonds. The highest BCUT2D eigenvalue weighted by Crippen LogP contribution is 2.27. The number of halogens is 1. The third-order valence-corrected chi connectivity index (χ3v) is 7.32. The van der Waals surface area contributed by atoms with Gasteiger partial charge in [-0.25, -0.2) is 22.8 Å². The van der Waals surface area contributed by atoms with Gasteiger partial charge in [0.05, 0.1) is 0 Å². The van der Waals surface area contributed by atoms with E-state index in [9.17, 15) is 12.8 Å². The van der Waals surface area contributed by atoms with Gasteiger partial charge in [-0.1, -0.05) is 49.4 Å². The number of anilines is 1. The molecule has 0 N–H and O–H groups in total. The van der Waals surface area contributed by atoms with E-state index < -0.39 is 10.0 Å². The minimum Gasteiger partial charge on any atom is -0.354 e. The summed E-state index contributed by atoms with van der Waals surface area (Å²) in [6.07, 6.45) is 2.37. The third-order valence-electron chi connectivity index (χ3n) is 5.76. The maximum absolute atomic E-state index is 13.7. The second-order valence-electron chi connectivity index (χ2n) is 7.94. The van der Waals surface area contributed by atoms with Crippen LogP contribution in [-0.2, 0) is 16.4 Å². The van der Waals surface area contributed by atoms with Gasteiger partial charge in [-0.15, -0.1) is 0 Å². The molecule has 1 fully saturated rings. The Morgan fingerprint density at radius 1 is 1.00 bits per heavy atom. The molecule has 2 heterocycles. The molecule has 0 saturated carbocycles. The first kappa shape index (κ1) is 23.1. The van der Waals surface area contributed by atoms with Gasteiger partial charge < -0.3 is 4.90 Å². The first-order chi connectivity index (χ1) is 15.9. The van der Waals surface area contributed by atoms with Crippen molar-refractivity contribution in [3.63, 3.8) is 0 Å². The largest absolute Gasteiger partial charge is 0.354 e. The van der Waals surface area contributed by atoms with Crippen molar-refractivity contribution in [3.8, 4) is 11.4 Å². The van der Waals surface area contributed by atoms with Crippen molar-refractivity contribution in [2.75, 3.05) is 31.1 Å². The number of nitrogens with zero attached hydrogens (tertiary/aromatic N) is 4. The molecule has 33 heavy (non-hydrogen) atoms. The van der Waals surface area contributed by atoms with Crippen LogP contribution in [0.5, 0.6) is 0 Å². The lowest BCUT2D eigenvalue weighted by molar-refractivity contribution is 0.388. The molecule has 0 spiro atoms. The highest BCUT2D eigenvalue weighted by atomic mass is 32.2. The van der Waals surface area contributed by atoms with Crippen molar-refractivity contribution in [1.29, 1.82) is 0 Å². The summed E-state index contributed by atoms with van der Waals surface area (Å²) in [5.41, 5.74) is 3.33. The van der Waals surface area contributed by atoms with Crippen molar-refractivity contribution in [2.24, 2.45) is 0 Å². The zero-order valence-corrected chi connectivity index (χ0v) is 19.6. The van der Waals surface area contributed by atoms with E-state index in [1.54, 1.807) is 18.2 Å². The lowest BCUT2D eigenvalue weighted by Gasteiger charge is -2.35. The fourth-order valence-corrected chi connectivity index (χ4v) is 5.16. The number of sulfonamides is 1. The van der Waals surface area contributed by atoms with Crippen LogP contribution in [0, 0.1) is 12.7 Å². The average molecular weight is 467 g/mol. The number of rotatable bonds is 6. The number of benzene rings is 2. The van der Waals surface area contributed by atoms with Crippen LogP contribution in [0.1, 0.15) is 23.7 Å². The maximum Gasteiger partial charge on any atom is 0.236 e. The number of aryl methyl sites for hydroxylation is 1. The Labute approximate surface area is 194 Å². The summed E-state index contributed by atoms with van der Waals surface area (Å²) >= 11 is 0. The fraction of sp³-hybridized carbons (Fsp3) is 0.280. The molecule has 1 aliphatic heterocycles. The molecule has 0 bridgehead atoms. The highest BCUT2D eigenvalue weighted by Gasteiger charge is 2.27. The Hall–Kier alpha value is -3.10. The van der Waals surface area contributed by atoms with Gasteiger partial charge in [0.2, 0.25) is 10.0 Å². The van der Waals surface area contributed by atoms with Gasteiger partial charge in [-0.3, -0.25) is 0 Å². The van der Waals surface area contributed by atoms with Gasteiger partial charge in [0, 0.05) is 48.4 Å². The lowest BCUT2D eigenvalue weighted by Crippen LogP contribution is -2.48.